The minimum Gasteiger partial charge on any atom is -0.394 e. The fraction of sp³-hybridized carbons (Fsp3) is 0.611. The van der Waals surface area contributed by atoms with Crippen molar-refractivity contribution in [1.82, 2.24) is 4.90 Å². The topological polar surface area (TPSA) is 53.0 Å². The molecule has 2 saturated heterocycles. The third-order valence-electron chi connectivity index (χ3n) is 5.72. The van der Waals surface area contributed by atoms with Gasteiger partial charge < -0.3 is 19.6 Å². The van der Waals surface area contributed by atoms with Crippen LogP contribution < -0.4 is 4.90 Å². The second kappa shape index (κ2) is 5.80. The molecule has 23 heavy (non-hydrogen) atoms. The Bertz CT molecular complexity index is 600. The highest BCUT2D eigenvalue weighted by Crippen LogP contribution is 2.48. The van der Waals surface area contributed by atoms with E-state index in [4.69, 9.17) is 4.74 Å². The largest absolute Gasteiger partial charge is 0.394 e. The van der Waals surface area contributed by atoms with Crippen molar-refractivity contribution in [2.24, 2.45) is 5.92 Å². The molecule has 0 spiro atoms. The molecular weight excluding hydrogens is 292 g/mol. The molecule has 1 aromatic carbocycles. The number of ether oxygens (including phenoxy) is 1. The fourth-order valence-corrected chi connectivity index (χ4v) is 4.54. The highest BCUT2D eigenvalue weighted by atomic mass is 16.5. The van der Waals surface area contributed by atoms with Crippen molar-refractivity contribution in [1.29, 1.82) is 0 Å². The van der Waals surface area contributed by atoms with Gasteiger partial charge in [0.1, 0.15) is 0 Å². The molecule has 3 atom stereocenters. The fourth-order valence-electron chi connectivity index (χ4n) is 4.54. The number of carbonyl (C=O) groups excluding carboxylic acids is 1. The Morgan fingerprint density at radius 1 is 1.30 bits per heavy atom. The first-order valence-corrected chi connectivity index (χ1v) is 8.53. The molecule has 5 nitrogen and oxygen atoms in total. The quantitative estimate of drug-likeness (QED) is 0.891. The average Bonchev–Trinajstić information content (AvgIpc) is 2.58. The molecule has 1 aromatic rings. The van der Waals surface area contributed by atoms with Crippen LogP contribution in [0.15, 0.2) is 24.3 Å². The summed E-state index contributed by atoms with van der Waals surface area (Å²) in [5.41, 5.74) is 2.49. The van der Waals surface area contributed by atoms with E-state index in [9.17, 15) is 9.90 Å². The number of hydrogen-bond acceptors (Lipinski definition) is 4. The number of benzene rings is 1. The van der Waals surface area contributed by atoms with E-state index in [1.54, 1.807) is 0 Å². The maximum Gasteiger partial charge on any atom is 0.226 e. The number of likely N-dealkylation sites (N-methyl/N-ethyl adjacent to an activating group) is 1. The monoisotopic (exact) mass is 316 g/mol. The number of carbonyl (C=O) groups is 1. The lowest BCUT2D eigenvalue weighted by atomic mass is 9.71. The number of anilines is 1. The third-order valence-corrected chi connectivity index (χ3v) is 5.72. The Hall–Kier alpha value is -1.59. The molecule has 124 valence electrons. The van der Waals surface area contributed by atoms with Gasteiger partial charge in [-0.25, -0.2) is 0 Å². The Balaban J connectivity index is 1.61. The van der Waals surface area contributed by atoms with Gasteiger partial charge in [0.05, 0.1) is 18.7 Å². The second-order valence-corrected chi connectivity index (χ2v) is 6.91. The Labute approximate surface area is 136 Å². The van der Waals surface area contributed by atoms with Gasteiger partial charge in [-0.1, -0.05) is 18.2 Å². The van der Waals surface area contributed by atoms with E-state index in [1.165, 1.54) is 11.3 Å². The summed E-state index contributed by atoms with van der Waals surface area (Å²) < 4.78 is 5.38. The molecule has 0 radical (unpaired) electrons. The van der Waals surface area contributed by atoms with Gasteiger partial charge in [0.2, 0.25) is 5.91 Å². The minimum atomic E-state index is -0.0785. The maximum atomic E-state index is 13.0. The molecule has 3 heterocycles. The lowest BCUT2D eigenvalue weighted by molar-refractivity contribution is -0.158. The van der Waals surface area contributed by atoms with Gasteiger partial charge in [0.15, 0.2) is 0 Å². The first-order chi connectivity index (χ1) is 11.2. The summed E-state index contributed by atoms with van der Waals surface area (Å²) in [6.45, 7) is 2.22. The van der Waals surface area contributed by atoms with Crippen molar-refractivity contribution in [3.8, 4) is 0 Å². The summed E-state index contributed by atoms with van der Waals surface area (Å²) in [7, 11) is 2.08. The van der Waals surface area contributed by atoms with Crippen LogP contribution in [0.25, 0.3) is 0 Å². The second-order valence-electron chi connectivity index (χ2n) is 6.91. The van der Waals surface area contributed by atoms with Gasteiger partial charge >= 0.3 is 0 Å². The van der Waals surface area contributed by atoms with Gasteiger partial charge in [-0.15, -0.1) is 0 Å². The number of rotatable bonds is 2. The van der Waals surface area contributed by atoms with Gasteiger partial charge in [-0.3, -0.25) is 4.79 Å². The third kappa shape index (κ3) is 2.25. The lowest BCUT2D eigenvalue weighted by Crippen LogP contribution is -2.71. The van der Waals surface area contributed by atoms with Crippen LogP contribution in [0.2, 0.25) is 0 Å². The molecule has 1 N–H and O–H groups in total. The van der Waals surface area contributed by atoms with Gasteiger partial charge in [-0.2, -0.15) is 0 Å². The number of aliphatic hydroxyl groups is 1. The molecule has 0 aliphatic carbocycles. The molecule has 0 aromatic heterocycles. The van der Waals surface area contributed by atoms with E-state index in [0.29, 0.717) is 13.2 Å². The van der Waals surface area contributed by atoms with Crippen LogP contribution in [0.5, 0.6) is 0 Å². The molecule has 0 unspecified atom stereocenters. The summed E-state index contributed by atoms with van der Waals surface area (Å²) >= 11 is 0. The highest BCUT2D eigenvalue weighted by molar-refractivity contribution is 5.82. The first-order valence-electron chi connectivity index (χ1n) is 8.53. The van der Waals surface area contributed by atoms with E-state index >= 15 is 0 Å². The number of hydrogen-bond donors (Lipinski definition) is 1. The van der Waals surface area contributed by atoms with E-state index in [2.05, 4.69) is 24.1 Å². The smallest absolute Gasteiger partial charge is 0.226 e. The minimum absolute atomic E-state index is 0.0359. The van der Waals surface area contributed by atoms with Crippen molar-refractivity contribution >= 4 is 11.6 Å². The van der Waals surface area contributed by atoms with E-state index < -0.39 is 0 Å². The molecule has 3 aliphatic rings. The number of para-hydroxylation sites is 1. The first kappa shape index (κ1) is 15.0. The molecule has 0 bridgehead atoms. The standard InChI is InChI=1S/C18H24N2O3/c1-19-10-15-17(13-4-2-3-5-14(13)19)16(11-21)20(15)18(22)12-6-8-23-9-7-12/h2-5,12,15-17,21H,6-11H2,1H3/t15-,16+,17-/m1/s1. The van der Waals surface area contributed by atoms with Crippen LogP contribution in [0.4, 0.5) is 5.69 Å². The Morgan fingerprint density at radius 2 is 2.04 bits per heavy atom. The number of nitrogens with zero attached hydrogens (tertiary/aromatic N) is 2. The SMILES string of the molecule is CN1C[C@@H]2[C@@H](c3ccccc31)[C@H](CO)N2C(=O)C1CCOCC1. The zero-order valence-corrected chi connectivity index (χ0v) is 13.5. The van der Waals surface area contributed by atoms with Crippen molar-refractivity contribution in [3.05, 3.63) is 29.8 Å². The predicted molar refractivity (Wildman–Crippen MR) is 87.5 cm³/mol. The van der Waals surface area contributed by atoms with E-state index in [0.717, 1.165) is 19.4 Å². The van der Waals surface area contributed by atoms with Crippen molar-refractivity contribution in [2.45, 2.75) is 30.8 Å². The molecule has 0 saturated carbocycles. The Kier molecular flexibility index (Phi) is 3.77. The molecule has 5 heteroatoms. The molecule has 1 amide bonds. The van der Waals surface area contributed by atoms with Crippen LogP contribution in [0.3, 0.4) is 0 Å². The highest BCUT2D eigenvalue weighted by Gasteiger charge is 2.54. The van der Waals surface area contributed by atoms with Crippen molar-refractivity contribution < 1.29 is 14.6 Å². The van der Waals surface area contributed by atoms with E-state index in [1.807, 2.05) is 17.0 Å². The lowest BCUT2D eigenvalue weighted by Gasteiger charge is -2.59. The molecule has 2 fully saturated rings. The van der Waals surface area contributed by atoms with Crippen LogP contribution in [-0.2, 0) is 9.53 Å². The molecular formula is C18H24N2O3. The van der Waals surface area contributed by atoms with Gasteiger partial charge in [-0.05, 0) is 24.5 Å². The summed E-state index contributed by atoms with van der Waals surface area (Å²) in [5, 5.41) is 9.90. The molecule has 3 aliphatic heterocycles. The van der Waals surface area contributed by atoms with E-state index in [-0.39, 0.29) is 36.4 Å². The maximum absolute atomic E-state index is 13.0. The van der Waals surface area contributed by atoms with Crippen LogP contribution in [0.1, 0.15) is 24.3 Å². The molecule has 4 rings (SSSR count). The average molecular weight is 316 g/mol. The number of aliphatic hydroxyl groups excluding tert-OH is 1. The summed E-state index contributed by atoms with van der Waals surface area (Å²) in [6.07, 6.45) is 1.61. The number of likely N-dealkylation sites (tertiary alicyclic amines) is 1. The van der Waals surface area contributed by atoms with Gasteiger partial charge in [0, 0.05) is 44.3 Å². The van der Waals surface area contributed by atoms with Crippen LogP contribution in [0, 0.1) is 5.92 Å². The summed E-state index contributed by atoms with van der Waals surface area (Å²) in [5.74, 6) is 0.527. The zero-order valence-electron chi connectivity index (χ0n) is 13.5. The summed E-state index contributed by atoms with van der Waals surface area (Å²) in [6, 6.07) is 8.47. The van der Waals surface area contributed by atoms with Crippen molar-refractivity contribution in [3.63, 3.8) is 0 Å². The Morgan fingerprint density at radius 3 is 2.78 bits per heavy atom. The van der Waals surface area contributed by atoms with Crippen LogP contribution >= 0.6 is 0 Å². The normalized spacial score (nSPS) is 30.4. The number of fused-ring (bicyclic) bond motifs is 3. The summed E-state index contributed by atoms with van der Waals surface area (Å²) in [4.78, 5) is 17.2. The van der Waals surface area contributed by atoms with Crippen molar-refractivity contribution in [2.75, 3.05) is 38.3 Å². The zero-order chi connectivity index (χ0) is 16.0. The number of amides is 1. The predicted octanol–water partition coefficient (Wildman–Crippen LogP) is 1.22. The van der Waals surface area contributed by atoms with Crippen LogP contribution in [-0.4, -0.2) is 61.4 Å². The van der Waals surface area contributed by atoms with Gasteiger partial charge in [0.25, 0.3) is 0 Å².